The van der Waals surface area contributed by atoms with Crippen molar-refractivity contribution in [2.75, 3.05) is 6.54 Å². The number of carboxylic acid groups (broad SMARTS) is 1. The first-order valence-electron chi connectivity index (χ1n) is 4.54. The van der Waals surface area contributed by atoms with Gasteiger partial charge in [-0.25, -0.2) is 4.79 Å². The monoisotopic (exact) mass is 187 g/mol. The van der Waals surface area contributed by atoms with Crippen molar-refractivity contribution in [3.63, 3.8) is 0 Å². The van der Waals surface area contributed by atoms with Crippen LogP contribution in [0.15, 0.2) is 0 Å². The van der Waals surface area contributed by atoms with Gasteiger partial charge in [-0.15, -0.1) is 0 Å². The molecule has 4 nitrogen and oxygen atoms in total. The van der Waals surface area contributed by atoms with Crippen molar-refractivity contribution in [2.24, 2.45) is 5.92 Å². The van der Waals surface area contributed by atoms with Crippen molar-refractivity contribution >= 4 is 11.9 Å². The zero-order valence-electron chi connectivity index (χ0n) is 8.17. The molecule has 0 unspecified atom stereocenters. The maximum absolute atomic E-state index is 10.9. The molecule has 1 atom stereocenters. The summed E-state index contributed by atoms with van der Waals surface area (Å²) >= 11 is 0. The molecule has 13 heavy (non-hydrogen) atoms. The standard InChI is InChI=1S/C9H17NO3/c1-3-8(11)5-4-7(2)6-10-9(12)13/h7,10H,3-6H2,1-2H3,(H,12,13)/t7-/m0/s1. The van der Waals surface area contributed by atoms with E-state index >= 15 is 0 Å². The third-order valence-corrected chi connectivity index (χ3v) is 1.91. The predicted octanol–water partition coefficient (Wildman–Crippen LogP) is 1.65. The summed E-state index contributed by atoms with van der Waals surface area (Å²) in [5.41, 5.74) is 0. The molecular weight excluding hydrogens is 170 g/mol. The van der Waals surface area contributed by atoms with Gasteiger partial charge >= 0.3 is 6.09 Å². The molecule has 0 radical (unpaired) electrons. The fourth-order valence-corrected chi connectivity index (χ4v) is 0.948. The Morgan fingerprint density at radius 1 is 1.46 bits per heavy atom. The molecule has 0 bridgehead atoms. The van der Waals surface area contributed by atoms with Crippen molar-refractivity contribution in [1.29, 1.82) is 0 Å². The van der Waals surface area contributed by atoms with Gasteiger partial charge in [0.25, 0.3) is 0 Å². The van der Waals surface area contributed by atoms with E-state index in [9.17, 15) is 9.59 Å². The summed E-state index contributed by atoms with van der Waals surface area (Å²) in [6, 6.07) is 0. The lowest BCUT2D eigenvalue weighted by Crippen LogP contribution is -2.26. The molecule has 0 aliphatic heterocycles. The summed E-state index contributed by atoms with van der Waals surface area (Å²) in [4.78, 5) is 21.0. The Balaban J connectivity index is 3.45. The van der Waals surface area contributed by atoms with Crippen LogP contribution in [0.25, 0.3) is 0 Å². The average molecular weight is 187 g/mol. The van der Waals surface area contributed by atoms with Crippen LogP contribution in [0.5, 0.6) is 0 Å². The Kier molecular flexibility index (Phi) is 5.93. The third kappa shape index (κ3) is 7.31. The molecule has 0 aliphatic carbocycles. The van der Waals surface area contributed by atoms with Crippen molar-refractivity contribution < 1.29 is 14.7 Å². The molecule has 0 aromatic rings. The number of Topliss-reactive ketones (excluding diaryl/α,β-unsaturated/α-hetero) is 1. The van der Waals surface area contributed by atoms with Crippen LogP contribution in [0.3, 0.4) is 0 Å². The van der Waals surface area contributed by atoms with Crippen LogP contribution in [0, 0.1) is 5.92 Å². The van der Waals surface area contributed by atoms with Crippen molar-refractivity contribution in [3.8, 4) is 0 Å². The Morgan fingerprint density at radius 3 is 2.54 bits per heavy atom. The van der Waals surface area contributed by atoms with E-state index in [-0.39, 0.29) is 11.7 Å². The maximum Gasteiger partial charge on any atom is 0.404 e. The van der Waals surface area contributed by atoms with Gasteiger partial charge in [0.05, 0.1) is 0 Å². The van der Waals surface area contributed by atoms with Gasteiger partial charge in [0, 0.05) is 19.4 Å². The molecule has 1 amide bonds. The van der Waals surface area contributed by atoms with Crippen LogP contribution in [0.1, 0.15) is 33.1 Å². The topological polar surface area (TPSA) is 66.4 Å². The molecule has 0 aromatic carbocycles. The molecule has 0 fully saturated rings. The molecule has 0 saturated carbocycles. The molecular formula is C9H17NO3. The normalized spacial score (nSPS) is 12.2. The van der Waals surface area contributed by atoms with E-state index in [0.717, 1.165) is 6.42 Å². The SMILES string of the molecule is CCC(=O)CC[C@H](C)CNC(=O)O. The van der Waals surface area contributed by atoms with E-state index in [1.807, 2.05) is 13.8 Å². The van der Waals surface area contributed by atoms with Gasteiger partial charge in [-0.3, -0.25) is 4.79 Å². The van der Waals surface area contributed by atoms with E-state index in [1.165, 1.54) is 0 Å². The van der Waals surface area contributed by atoms with Crippen molar-refractivity contribution in [2.45, 2.75) is 33.1 Å². The minimum Gasteiger partial charge on any atom is -0.465 e. The first-order valence-corrected chi connectivity index (χ1v) is 4.54. The quantitative estimate of drug-likeness (QED) is 0.664. The smallest absolute Gasteiger partial charge is 0.404 e. The highest BCUT2D eigenvalue weighted by Crippen LogP contribution is 2.05. The highest BCUT2D eigenvalue weighted by atomic mass is 16.4. The number of hydrogen-bond acceptors (Lipinski definition) is 2. The number of carbonyl (C=O) groups is 2. The number of carbonyl (C=O) groups excluding carboxylic acids is 1. The van der Waals surface area contributed by atoms with Gasteiger partial charge in [-0.05, 0) is 12.3 Å². The molecule has 76 valence electrons. The van der Waals surface area contributed by atoms with Gasteiger partial charge in [-0.2, -0.15) is 0 Å². The van der Waals surface area contributed by atoms with Gasteiger partial charge in [-0.1, -0.05) is 13.8 Å². The summed E-state index contributed by atoms with van der Waals surface area (Å²) in [7, 11) is 0. The lowest BCUT2D eigenvalue weighted by molar-refractivity contribution is -0.119. The minimum absolute atomic E-state index is 0.228. The van der Waals surface area contributed by atoms with Crippen molar-refractivity contribution in [3.05, 3.63) is 0 Å². The first-order chi connectivity index (χ1) is 6.06. The second kappa shape index (κ2) is 6.46. The fourth-order valence-electron chi connectivity index (χ4n) is 0.948. The minimum atomic E-state index is -1.01. The Bertz CT molecular complexity index is 180. The first kappa shape index (κ1) is 11.9. The van der Waals surface area contributed by atoms with Crippen LogP contribution < -0.4 is 5.32 Å². The summed E-state index contributed by atoms with van der Waals surface area (Å²) in [6.07, 6.45) is 0.874. The number of ketones is 1. The predicted molar refractivity (Wildman–Crippen MR) is 49.7 cm³/mol. The summed E-state index contributed by atoms with van der Waals surface area (Å²) < 4.78 is 0. The third-order valence-electron chi connectivity index (χ3n) is 1.91. The highest BCUT2D eigenvalue weighted by molar-refractivity contribution is 5.77. The number of amides is 1. The Hall–Kier alpha value is -1.06. The van der Waals surface area contributed by atoms with E-state index in [1.54, 1.807) is 0 Å². The van der Waals surface area contributed by atoms with Crippen LogP contribution in [0.4, 0.5) is 4.79 Å². The lowest BCUT2D eigenvalue weighted by atomic mass is 10.0. The van der Waals surface area contributed by atoms with Crippen molar-refractivity contribution in [1.82, 2.24) is 5.32 Å². The van der Waals surface area contributed by atoms with Gasteiger partial charge in [0.2, 0.25) is 0 Å². The molecule has 0 heterocycles. The Morgan fingerprint density at radius 2 is 2.08 bits per heavy atom. The Labute approximate surface area is 78.3 Å². The van der Waals surface area contributed by atoms with E-state index in [4.69, 9.17) is 5.11 Å². The number of hydrogen-bond donors (Lipinski definition) is 2. The molecule has 2 N–H and O–H groups in total. The van der Waals surface area contributed by atoms with Gasteiger partial charge < -0.3 is 10.4 Å². The van der Waals surface area contributed by atoms with Gasteiger partial charge in [0.15, 0.2) is 0 Å². The molecule has 0 aromatic heterocycles. The molecule has 0 saturated heterocycles. The van der Waals surface area contributed by atoms with Crippen LogP contribution in [-0.4, -0.2) is 23.5 Å². The largest absolute Gasteiger partial charge is 0.465 e. The average Bonchev–Trinajstić information content (AvgIpc) is 2.10. The number of rotatable bonds is 6. The lowest BCUT2D eigenvalue weighted by Gasteiger charge is -2.09. The summed E-state index contributed by atoms with van der Waals surface area (Å²) in [5.74, 6) is 0.466. The molecule has 0 spiro atoms. The summed E-state index contributed by atoms with van der Waals surface area (Å²) in [5, 5.41) is 10.6. The fraction of sp³-hybridized carbons (Fsp3) is 0.778. The highest BCUT2D eigenvalue weighted by Gasteiger charge is 2.06. The second-order valence-corrected chi connectivity index (χ2v) is 3.22. The molecule has 4 heteroatoms. The van der Waals surface area contributed by atoms with E-state index in [2.05, 4.69) is 5.32 Å². The number of nitrogens with one attached hydrogen (secondary N) is 1. The van der Waals surface area contributed by atoms with Gasteiger partial charge in [0.1, 0.15) is 5.78 Å². The van der Waals surface area contributed by atoms with E-state index in [0.29, 0.717) is 19.4 Å². The van der Waals surface area contributed by atoms with Crippen LogP contribution >= 0.6 is 0 Å². The maximum atomic E-state index is 10.9. The summed E-state index contributed by atoms with van der Waals surface area (Å²) in [6.45, 7) is 4.19. The molecule has 0 aliphatic rings. The van der Waals surface area contributed by atoms with E-state index < -0.39 is 6.09 Å². The van der Waals surface area contributed by atoms with Crippen LogP contribution in [-0.2, 0) is 4.79 Å². The zero-order chi connectivity index (χ0) is 10.3. The second-order valence-electron chi connectivity index (χ2n) is 3.22. The zero-order valence-corrected chi connectivity index (χ0v) is 8.17. The molecule has 0 rings (SSSR count). The van der Waals surface area contributed by atoms with Crippen LogP contribution in [0.2, 0.25) is 0 Å².